The number of nitrogens with one attached hydrogen (secondary N) is 9. The molecule has 3 heterocycles. The first-order valence-corrected chi connectivity index (χ1v) is 41.8. The number of Topliss-reactive ketones (excluding diaryl/α,β-unsaturated/α-hetero) is 3. The van der Waals surface area contributed by atoms with Crippen LogP contribution in [0.5, 0.6) is 0 Å². The lowest BCUT2D eigenvalue weighted by atomic mass is 9.88. The van der Waals surface area contributed by atoms with Crippen LogP contribution in [0.15, 0.2) is 0 Å². The first kappa shape index (κ1) is 109. The van der Waals surface area contributed by atoms with Gasteiger partial charge in [-0.1, -0.05) is 0 Å². The Hall–Kier alpha value is -11.7. The molecule has 0 aromatic carbocycles. The minimum absolute atomic E-state index is 0.0220. The standard InChI is InChI=1S/C81H122N10O36/c1-43(92)87-69-72(125-59(40-116-46(4)95)75(119-49(7)98)78(69)122-52(10)101)56(104)22-19-28-64(109)82-33-16-13-25-62(107)85-36-38-91(39-37-86-63(108)26-14-17-34-83-65(110)29-20-23-57(105)73-70(88-44(2)93)79(123-53(11)102)76(120-50(8)99)60(126-73)41-117-47(5)96)68(113)32-31-55(81(114)115)90-67(112)27-15-18-35-84-66(111)30-21-24-58(106)74-71(89-45(3)94)80(124-54(12)103)77(121-51(9)100)61(127-74)42-118-48(6)97/h55,59-61,69-80H,13-42H2,1-12H3,(H,82,109)(H,83,110)(H,84,111)(H,85,107)(H,86,108)(H,87,92)(H,88,93)(H,89,94)(H,90,112)(H,114,115)/t55-,59?,60?,61?,69?,70?,71?,72?,73?,74?,75?,76?,77?,78?,79?,80?/m0/s1. The number of rotatable bonds is 56. The van der Waals surface area contributed by atoms with Crippen molar-refractivity contribution in [3.8, 4) is 0 Å². The van der Waals surface area contributed by atoms with Crippen LogP contribution in [-0.2, 0) is 167 Å². The van der Waals surface area contributed by atoms with Crippen LogP contribution in [-0.4, -0.2) is 309 Å². The van der Waals surface area contributed by atoms with E-state index in [9.17, 15) is 115 Å². The van der Waals surface area contributed by atoms with Crippen molar-refractivity contribution in [1.29, 1.82) is 0 Å². The molecule has 127 heavy (non-hydrogen) atoms. The maximum atomic E-state index is 13.9. The predicted molar refractivity (Wildman–Crippen MR) is 431 cm³/mol. The molecule has 3 fully saturated rings. The molecule has 3 aliphatic heterocycles. The largest absolute Gasteiger partial charge is 0.480 e. The van der Waals surface area contributed by atoms with Gasteiger partial charge in [-0.2, -0.15) is 0 Å². The van der Waals surface area contributed by atoms with Crippen molar-refractivity contribution >= 4 is 136 Å². The Bertz CT molecular complexity index is 3710. The summed E-state index contributed by atoms with van der Waals surface area (Å²) in [5, 5.41) is 33.6. The van der Waals surface area contributed by atoms with Gasteiger partial charge in [-0.15, -0.1) is 0 Å². The second-order valence-electron chi connectivity index (χ2n) is 30.3. The van der Waals surface area contributed by atoms with E-state index in [2.05, 4.69) is 47.9 Å². The smallest absolute Gasteiger partial charge is 0.326 e. The Morgan fingerprint density at radius 3 is 0.803 bits per heavy atom. The van der Waals surface area contributed by atoms with Crippen molar-refractivity contribution in [2.75, 3.05) is 65.6 Å². The highest BCUT2D eigenvalue weighted by Crippen LogP contribution is 2.33. The molecule has 10 amide bonds. The van der Waals surface area contributed by atoms with Gasteiger partial charge < -0.3 is 115 Å². The molecule has 0 saturated carbocycles. The number of esters is 9. The number of hydrogen-bond acceptors (Lipinski definition) is 35. The Balaban J connectivity index is 1.60. The molecule has 3 rings (SSSR count). The van der Waals surface area contributed by atoms with Crippen molar-refractivity contribution in [3.05, 3.63) is 0 Å². The summed E-state index contributed by atoms with van der Waals surface area (Å²) >= 11 is 0. The molecule has 0 aliphatic carbocycles. The Morgan fingerprint density at radius 2 is 0.551 bits per heavy atom. The van der Waals surface area contributed by atoms with Crippen molar-refractivity contribution in [2.24, 2.45) is 0 Å². The van der Waals surface area contributed by atoms with E-state index in [0.717, 1.165) is 83.1 Å². The summed E-state index contributed by atoms with van der Waals surface area (Å²) in [7, 11) is 0. The number of nitrogens with zero attached hydrogens (tertiary/aromatic N) is 1. The molecule has 3 saturated heterocycles. The van der Waals surface area contributed by atoms with Crippen molar-refractivity contribution in [3.63, 3.8) is 0 Å². The molecule has 0 aromatic heterocycles. The van der Waals surface area contributed by atoms with E-state index < -0.39 is 266 Å². The summed E-state index contributed by atoms with van der Waals surface area (Å²) < 4.78 is 65.5. The van der Waals surface area contributed by atoms with Gasteiger partial charge in [0.05, 0.1) is 0 Å². The second kappa shape index (κ2) is 57.8. The summed E-state index contributed by atoms with van der Waals surface area (Å²) in [6.07, 6.45) is -18.2. The van der Waals surface area contributed by atoms with Gasteiger partial charge in [0.2, 0.25) is 59.1 Å². The van der Waals surface area contributed by atoms with Gasteiger partial charge in [0.1, 0.15) is 80.6 Å². The van der Waals surface area contributed by atoms with E-state index in [4.69, 9.17) is 56.8 Å². The molecule has 46 nitrogen and oxygen atoms in total. The fourth-order valence-corrected chi connectivity index (χ4v) is 13.8. The number of carbonyl (C=O) groups excluding carboxylic acids is 22. The molecular formula is C81H122N10O36. The number of hydrogen-bond donors (Lipinski definition) is 10. The molecule has 10 N–H and O–H groups in total. The fourth-order valence-electron chi connectivity index (χ4n) is 13.8. The summed E-state index contributed by atoms with van der Waals surface area (Å²) in [6.45, 7) is 11.2. The molecule has 15 unspecified atom stereocenters. The molecule has 712 valence electrons. The van der Waals surface area contributed by atoms with Gasteiger partial charge in [-0.25, -0.2) is 4.79 Å². The average molecular weight is 1810 g/mol. The van der Waals surface area contributed by atoms with Crippen LogP contribution in [0.2, 0.25) is 0 Å². The van der Waals surface area contributed by atoms with Crippen LogP contribution in [0.3, 0.4) is 0 Å². The topological polar surface area (TPSA) is 635 Å². The summed E-state index contributed by atoms with van der Waals surface area (Å²) in [5.74, 6) is -16.4. The van der Waals surface area contributed by atoms with Crippen LogP contribution in [0.4, 0.5) is 0 Å². The predicted octanol–water partition coefficient (Wildman–Crippen LogP) is -2.43. The quantitative estimate of drug-likeness (QED) is 0.0172. The average Bonchev–Trinajstić information content (AvgIpc) is 0.788. The molecule has 0 radical (unpaired) electrons. The maximum Gasteiger partial charge on any atom is 0.326 e. The normalized spacial score (nSPS) is 21.8. The lowest BCUT2D eigenvalue weighted by molar-refractivity contribution is -0.222. The minimum atomic E-state index is -1.56. The zero-order valence-corrected chi connectivity index (χ0v) is 73.6. The van der Waals surface area contributed by atoms with Gasteiger partial charge in [0.15, 0.2) is 54.0 Å². The molecule has 46 heteroatoms. The van der Waals surface area contributed by atoms with Crippen LogP contribution >= 0.6 is 0 Å². The maximum absolute atomic E-state index is 13.9. The van der Waals surface area contributed by atoms with Crippen LogP contribution < -0.4 is 47.9 Å². The Kier molecular flexibility index (Phi) is 49.8. The third-order valence-corrected chi connectivity index (χ3v) is 19.3. The number of ether oxygens (including phenoxy) is 12. The number of aliphatic carboxylic acids is 1. The van der Waals surface area contributed by atoms with Gasteiger partial charge in [-0.05, 0) is 64.2 Å². The highest BCUT2D eigenvalue weighted by Gasteiger charge is 2.56. The first-order valence-electron chi connectivity index (χ1n) is 41.8. The number of unbranched alkanes of at least 4 members (excludes halogenated alkanes) is 3. The first-order chi connectivity index (χ1) is 59.9. The highest BCUT2D eigenvalue weighted by atomic mass is 16.7. The van der Waals surface area contributed by atoms with Crippen LogP contribution in [0.1, 0.15) is 212 Å². The molecule has 3 aliphatic rings. The Labute approximate surface area is 732 Å². The lowest BCUT2D eigenvalue weighted by Crippen LogP contribution is -2.67. The van der Waals surface area contributed by atoms with E-state index in [1.807, 2.05) is 0 Å². The molecule has 16 atom stereocenters. The lowest BCUT2D eigenvalue weighted by Gasteiger charge is -2.44. The molecule has 0 aromatic rings. The number of carboxylic acid groups (broad SMARTS) is 1. The van der Waals surface area contributed by atoms with Crippen LogP contribution in [0.25, 0.3) is 0 Å². The fraction of sp³-hybridized carbons (Fsp3) is 0.716. The van der Waals surface area contributed by atoms with Crippen molar-refractivity contribution in [2.45, 2.75) is 309 Å². The van der Waals surface area contributed by atoms with Gasteiger partial charge in [0, 0.05) is 193 Å². The molecule has 0 bridgehead atoms. The van der Waals surface area contributed by atoms with E-state index in [1.165, 1.54) is 4.90 Å². The van der Waals surface area contributed by atoms with E-state index >= 15 is 0 Å². The SMILES string of the molecule is CC(=O)NC1C(C(=O)CCCC(=O)NCCCCC(=O)NCCN(CCNC(=O)CCCCNC(=O)CCCC(=O)C2OC(COC(C)=O)C(OC(C)=O)C(OC(C)=O)C2NC(C)=O)C(=O)CC[C@H](NC(=O)CCCCNC(=O)CCCC(=O)C2OC(COC(C)=O)C(OC(C)=O)C(OC(C)=O)C2NC(C)=O)C(=O)O)OC(COC(C)=O)C(OC(C)=O)C1OC(C)=O. The monoisotopic (exact) mass is 1810 g/mol. The molecular weight excluding hydrogens is 1690 g/mol. The van der Waals surface area contributed by atoms with Gasteiger partial charge >= 0.3 is 59.7 Å². The van der Waals surface area contributed by atoms with Crippen molar-refractivity contribution in [1.82, 2.24) is 52.8 Å². The van der Waals surface area contributed by atoms with E-state index in [0.29, 0.717) is 12.8 Å². The van der Waals surface area contributed by atoms with Gasteiger partial charge in [0.25, 0.3) is 0 Å². The second-order valence-corrected chi connectivity index (χ2v) is 30.3. The summed E-state index contributed by atoms with van der Waals surface area (Å²) in [4.78, 5) is 292. The van der Waals surface area contributed by atoms with Gasteiger partial charge in [-0.3, -0.25) is 105 Å². The summed E-state index contributed by atoms with van der Waals surface area (Å²) in [5.41, 5.74) is 0. The zero-order chi connectivity index (χ0) is 95.2. The Morgan fingerprint density at radius 1 is 0.299 bits per heavy atom. The number of carbonyl (C=O) groups is 23. The number of amides is 10. The summed E-state index contributed by atoms with van der Waals surface area (Å²) in [6, 6.07) is -5.68. The van der Waals surface area contributed by atoms with Crippen LogP contribution in [0, 0.1) is 0 Å². The molecule has 0 spiro atoms. The third-order valence-electron chi connectivity index (χ3n) is 19.3. The van der Waals surface area contributed by atoms with E-state index in [-0.39, 0.29) is 149 Å². The van der Waals surface area contributed by atoms with E-state index in [1.54, 1.807) is 0 Å². The van der Waals surface area contributed by atoms with Crippen molar-refractivity contribution < 1.29 is 172 Å². The highest BCUT2D eigenvalue weighted by molar-refractivity contribution is 5.89. The number of ketones is 3. The number of carboxylic acids is 1. The third kappa shape index (κ3) is 43.4. The minimum Gasteiger partial charge on any atom is -0.480 e. The zero-order valence-electron chi connectivity index (χ0n) is 73.6.